The summed E-state index contributed by atoms with van der Waals surface area (Å²) in [4.78, 5) is 0. The number of benzene rings is 7. The highest BCUT2D eigenvalue weighted by Gasteiger charge is 2.18. The molecule has 7 aromatic carbocycles. The summed E-state index contributed by atoms with van der Waals surface area (Å²) < 4.78 is 11.1. The summed E-state index contributed by atoms with van der Waals surface area (Å²) in [6, 6.07) is 56.6. The Balaban J connectivity index is 1.23. The fourth-order valence-corrected chi connectivity index (χ4v) is 7.37. The summed E-state index contributed by atoms with van der Waals surface area (Å²) in [6.07, 6.45) is 0. The van der Waals surface area contributed by atoms with Crippen molar-refractivity contribution >= 4 is 65.6 Å². The van der Waals surface area contributed by atoms with E-state index in [1.54, 1.807) is 0 Å². The van der Waals surface area contributed by atoms with Gasteiger partial charge in [-0.05, 0) is 60.2 Å². The van der Waals surface area contributed by atoms with Gasteiger partial charge in [-0.25, -0.2) is 0 Å². The molecule has 0 saturated carbocycles. The van der Waals surface area contributed by atoms with Gasteiger partial charge in [-0.1, -0.05) is 103 Å². The van der Waals surface area contributed by atoms with Gasteiger partial charge >= 0.3 is 0 Å². The van der Waals surface area contributed by atoms with Gasteiger partial charge in [0.15, 0.2) is 0 Å². The van der Waals surface area contributed by atoms with Crippen LogP contribution in [0.3, 0.4) is 0 Å². The maximum atomic E-state index is 6.30. The van der Waals surface area contributed by atoms with Gasteiger partial charge in [0.05, 0.1) is 27.8 Å². The molecule has 0 N–H and O–H groups in total. The van der Waals surface area contributed by atoms with Crippen molar-refractivity contribution in [2.24, 2.45) is 0 Å². The first-order chi connectivity index (χ1) is 22.3. The lowest BCUT2D eigenvalue weighted by molar-refractivity contribution is 0.669. The zero-order chi connectivity index (χ0) is 29.5. The zero-order valence-electron chi connectivity index (χ0n) is 24.3. The van der Waals surface area contributed by atoms with E-state index in [4.69, 9.17) is 4.42 Å². The van der Waals surface area contributed by atoms with Crippen molar-refractivity contribution in [2.45, 2.75) is 0 Å². The summed E-state index contributed by atoms with van der Waals surface area (Å²) in [6.45, 7) is 0. The van der Waals surface area contributed by atoms with Crippen molar-refractivity contribution in [2.75, 3.05) is 0 Å². The quantitative estimate of drug-likeness (QED) is 0.206. The van der Waals surface area contributed by atoms with E-state index in [0.717, 1.165) is 27.6 Å². The number of para-hydroxylation sites is 5. The average Bonchev–Trinajstić information content (AvgIpc) is 3.74. The third kappa shape index (κ3) is 3.46. The molecule has 10 aromatic rings. The van der Waals surface area contributed by atoms with Crippen LogP contribution in [0.4, 0.5) is 0 Å². The molecule has 210 valence electrons. The minimum Gasteiger partial charge on any atom is -0.456 e. The van der Waals surface area contributed by atoms with E-state index in [9.17, 15) is 0 Å². The molecule has 45 heavy (non-hydrogen) atoms. The highest BCUT2D eigenvalue weighted by Crippen LogP contribution is 2.40. The van der Waals surface area contributed by atoms with Gasteiger partial charge in [0, 0.05) is 43.6 Å². The first kappa shape index (κ1) is 24.4. The van der Waals surface area contributed by atoms with Gasteiger partial charge in [-0.3, -0.25) is 0 Å². The molecule has 0 aliphatic heterocycles. The molecule has 0 amide bonds. The van der Waals surface area contributed by atoms with E-state index in [2.05, 4.69) is 155 Å². The van der Waals surface area contributed by atoms with E-state index < -0.39 is 0 Å². The summed E-state index contributed by atoms with van der Waals surface area (Å²) in [7, 11) is 0. The Hall–Kier alpha value is -6.06. The highest BCUT2D eigenvalue weighted by molar-refractivity contribution is 6.17. The van der Waals surface area contributed by atoms with Gasteiger partial charge in [0.25, 0.3) is 0 Å². The topological polar surface area (TPSA) is 23.0 Å². The maximum absolute atomic E-state index is 6.30. The second-order valence-electron chi connectivity index (χ2n) is 11.8. The maximum Gasteiger partial charge on any atom is 0.136 e. The normalized spacial score (nSPS) is 12.0. The fraction of sp³-hybridized carbons (Fsp3) is 0. The Morgan fingerprint density at radius 3 is 1.71 bits per heavy atom. The van der Waals surface area contributed by atoms with Crippen molar-refractivity contribution in [3.05, 3.63) is 158 Å². The monoisotopic (exact) mass is 574 g/mol. The summed E-state index contributed by atoms with van der Waals surface area (Å²) in [5.41, 5.74) is 11.3. The molecule has 10 rings (SSSR count). The molecule has 0 aliphatic carbocycles. The molecule has 0 atom stereocenters. The third-order valence-corrected chi connectivity index (χ3v) is 9.31. The van der Waals surface area contributed by atoms with Gasteiger partial charge in [-0.2, -0.15) is 0 Å². The molecule has 0 fully saturated rings. The van der Waals surface area contributed by atoms with Gasteiger partial charge in [0.2, 0.25) is 0 Å². The molecule has 3 heteroatoms. The number of fused-ring (bicyclic) bond motifs is 9. The number of furan rings is 1. The van der Waals surface area contributed by atoms with Crippen molar-refractivity contribution in [1.82, 2.24) is 9.13 Å². The van der Waals surface area contributed by atoms with Crippen LogP contribution in [0.15, 0.2) is 162 Å². The van der Waals surface area contributed by atoms with Crippen LogP contribution in [0.2, 0.25) is 0 Å². The Bertz CT molecular complexity index is 2720. The smallest absolute Gasteiger partial charge is 0.136 e. The number of nitrogens with zero attached hydrogens (tertiary/aromatic N) is 2. The fourth-order valence-electron chi connectivity index (χ4n) is 7.37. The molecular formula is C42H26N2O. The SMILES string of the molecule is c1cc(-c2ccccc2-n2c3ccccc3c3ccccc32)cc(-n2c3ccccc3c3cc4oc5ccccc5c4cc32)c1. The second-order valence-corrected chi connectivity index (χ2v) is 11.8. The lowest BCUT2D eigenvalue weighted by atomic mass is 10.0. The lowest BCUT2D eigenvalue weighted by Crippen LogP contribution is -1.98. The molecule has 3 nitrogen and oxygen atoms in total. The Labute approximate surface area is 258 Å². The molecule has 3 heterocycles. The summed E-state index contributed by atoms with van der Waals surface area (Å²) in [5, 5.41) is 7.20. The van der Waals surface area contributed by atoms with Gasteiger partial charge < -0.3 is 13.6 Å². The number of hydrogen-bond acceptors (Lipinski definition) is 1. The third-order valence-electron chi connectivity index (χ3n) is 9.31. The summed E-state index contributed by atoms with van der Waals surface area (Å²) >= 11 is 0. The van der Waals surface area contributed by atoms with E-state index >= 15 is 0 Å². The Morgan fingerprint density at radius 2 is 0.956 bits per heavy atom. The first-order valence-electron chi connectivity index (χ1n) is 15.4. The average molecular weight is 575 g/mol. The van der Waals surface area contributed by atoms with Crippen LogP contribution in [-0.2, 0) is 0 Å². The molecular weight excluding hydrogens is 548 g/mol. The standard InChI is InChI=1S/C42H26N2O/c1-6-19-36(44-38-21-8-2-15-30(38)31-16-3-9-22-39(31)44)29(14-1)27-12-11-13-28(24-27)43-37-20-7-4-17-32(37)34-26-42-35(25-40(34)43)33-18-5-10-23-41(33)45-42/h1-26H. The zero-order valence-corrected chi connectivity index (χ0v) is 24.3. The van der Waals surface area contributed by atoms with Gasteiger partial charge in [0.1, 0.15) is 11.2 Å². The number of rotatable bonds is 3. The highest BCUT2D eigenvalue weighted by atomic mass is 16.3. The molecule has 0 bridgehead atoms. The number of aromatic nitrogens is 2. The van der Waals surface area contributed by atoms with Crippen LogP contribution in [0.1, 0.15) is 0 Å². The molecule has 3 aromatic heterocycles. The number of hydrogen-bond donors (Lipinski definition) is 0. The molecule has 0 radical (unpaired) electrons. The van der Waals surface area contributed by atoms with Crippen molar-refractivity contribution < 1.29 is 4.42 Å². The van der Waals surface area contributed by atoms with Crippen LogP contribution in [-0.4, -0.2) is 9.13 Å². The van der Waals surface area contributed by atoms with Crippen molar-refractivity contribution in [3.8, 4) is 22.5 Å². The Kier molecular flexibility index (Phi) is 5.00. The van der Waals surface area contributed by atoms with Crippen LogP contribution >= 0.6 is 0 Å². The largest absolute Gasteiger partial charge is 0.456 e. The first-order valence-corrected chi connectivity index (χ1v) is 15.4. The van der Waals surface area contributed by atoms with Crippen LogP contribution < -0.4 is 0 Å². The minimum absolute atomic E-state index is 0.916. The van der Waals surface area contributed by atoms with E-state index in [-0.39, 0.29) is 0 Å². The Morgan fingerprint density at radius 1 is 0.356 bits per heavy atom. The predicted molar refractivity (Wildman–Crippen MR) is 188 cm³/mol. The van der Waals surface area contributed by atoms with Crippen molar-refractivity contribution in [3.63, 3.8) is 0 Å². The molecule has 0 saturated heterocycles. The molecule has 0 aliphatic rings. The molecule has 0 unspecified atom stereocenters. The predicted octanol–water partition coefficient (Wildman–Crippen LogP) is 11.4. The van der Waals surface area contributed by atoms with E-state index in [0.29, 0.717) is 0 Å². The van der Waals surface area contributed by atoms with Crippen LogP contribution in [0.5, 0.6) is 0 Å². The molecule has 0 spiro atoms. The van der Waals surface area contributed by atoms with Crippen LogP contribution in [0.25, 0.3) is 88.1 Å². The lowest BCUT2D eigenvalue weighted by Gasteiger charge is -2.15. The summed E-state index contributed by atoms with van der Waals surface area (Å²) in [5.74, 6) is 0. The van der Waals surface area contributed by atoms with E-state index in [1.807, 2.05) is 12.1 Å². The van der Waals surface area contributed by atoms with Gasteiger partial charge in [-0.15, -0.1) is 0 Å². The van der Waals surface area contributed by atoms with E-state index in [1.165, 1.54) is 60.4 Å². The minimum atomic E-state index is 0.916. The van der Waals surface area contributed by atoms with Crippen LogP contribution in [0, 0.1) is 0 Å². The second kappa shape index (κ2) is 9.22. The van der Waals surface area contributed by atoms with Crippen molar-refractivity contribution in [1.29, 1.82) is 0 Å².